The van der Waals surface area contributed by atoms with Crippen molar-refractivity contribution in [3.05, 3.63) is 28.2 Å². The number of thiocarbonyl (C=S) groups is 1. The van der Waals surface area contributed by atoms with Gasteiger partial charge in [-0.15, -0.1) is 0 Å². The van der Waals surface area contributed by atoms with E-state index in [1.54, 1.807) is 18.2 Å². The molecule has 1 rings (SSSR count). The zero-order valence-electron chi connectivity index (χ0n) is 8.46. The first-order valence-corrected chi connectivity index (χ1v) is 5.90. The predicted octanol–water partition coefficient (Wildman–Crippen LogP) is 2.66. The van der Waals surface area contributed by atoms with Gasteiger partial charge in [0.2, 0.25) is 0 Å². The quantitative estimate of drug-likeness (QED) is 0.585. The van der Waals surface area contributed by atoms with Crippen LogP contribution in [0.15, 0.2) is 18.2 Å². The van der Waals surface area contributed by atoms with Gasteiger partial charge >= 0.3 is 0 Å². The Bertz CT molecular complexity index is 354. The summed E-state index contributed by atoms with van der Waals surface area (Å²) in [5.41, 5.74) is 0.735. The number of aliphatic hydroxyl groups excluding tert-OH is 1. The van der Waals surface area contributed by atoms with Crippen molar-refractivity contribution in [1.29, 1.82) is 0 Å². The standard InChI is InChI=1S/C10H12Cl2N2OS/c11-7-4-8(12)6-9(5-7)14-10(16)13-2-1-3-15/h4-6,15H,1-3H2,(H2,13,14,16). The van der Waals surface area contributed by atoms with E-state index in [2.05, 4.69) is 10.6 Å². The summed E-state index contributed by atoms with van der Waals surface area (Å²) in [6, 6.07) is 5.11. The second-order valence-electron chi connectivity index (χ2n) is 3.12. The van der Waals surface area contributed by atoms with E-state index in [0.717, 1.165) is 5.69 Å². The minimum absolute atomic E-state index is 0.138. The topological polar surface area (TPSA) is 44.3 Å². The van der Waals surface area contributed by atoms with Crippen molar-refractivity contribution in [1.82, 2.24) is 5.32 Å². The highest BCUT2D eigenvalue weighted by Crippen LogP contribution is 2.22. The summed E-state index contributed by atoms with van der Waals surface area (Å²) < 4.78 is 0. The number of anilines is 1. The maximum Gasteiger partial charge on any atom is 0.170 e. The first-order valence-electron chi connectivity index (χ1n) is 4.73. The number of benzene rings is 1. The molecule has 0 bridgehead atoms. The number of halogens is 2. The lowest BCUT2D eigenvalue weighted by Gasteiger charge is -2.10. The van der Waals surface area contributed by atoms with Crippen LogP contribution in [0.3, 0.4) is 0 Å². The van der Waals surface area contributed by atoms with Gasteiger partial charge in [0.25, 0.3) is 0 Å². The minimum atomic E-state index is 0.138. The van der Waals surface area contributed by atoms with Gasteiger partial charge in [0.05, 0.1) is 0 Å². The van der Waals surface area contributed by atoms with Crippen LogP contribution in [-0.4, -0.2) is 23.4 Å². The summed E-state index contributed by atoms with van der Waals surface area (Å²) in [6.45, 7) is 0.759. The number of hydrogen-bond acceptors (Lipinski definition) is 2. The van der Waals surface area contributed by atoms with E-state index in [1.165, 1.54) is 0 Å². The van der Waals surface area contributed by atoms with E-state index in [4.69, 9.17) is 40.5 Å². The molecule has 0 amide bonds. The minimum Gasteiger partial charge on any atom is -0.396 e. The third kappa shape index (κ3) is 4.99. The maximum absolute atomic E-state index is 8.60. The van der Waals surface area contributed by atoms with Crippen LogP contribution in [0.1, 0.15) is 6.42 Å². The molecule has 0 unspecified atom stereocenters. The molecule has 1 aromatic rings. The Morgan fingerprint density at radius 3 is 2.44 bits per heavy atom. The molecule has 0 aliphatic rings. The highest BCUT2D eigenvalue weighted by Gasteiger charge is 2.00. The molecule has 3 nitrogen and oxygen atoms in total. The molecule has 0 radical (unpaired) electrons. The summed E-state index contributed by atoms with van der Waals surface area (Å²) in [7, 11) is 0. The molecule has 0 aliphatic heterocycles. The zero-order chi connectivity index (χ0) is 12.0. The SMILES string of the molecule is OCCCNC(=S)Nc1cc(Cl)cc(Cl)c1. The van der Waals surface area contributed by atoms with Gasteiger partial charge in [-0.3, -0.25) is 0 Å². The van der Waals surface area contributed by atoms with Gasteiger partial charge in [-0.2, -0.15) is 0 Å². The van der Waals surface area contributed by atoms with Crippen LogP contribution in [0, 0.1) is 0 Å². The molecule has 0 fully saturated rings. The molecule has 0 spiro atoms. The molecule has 3 N–H and O–H groups in total. The lowest BCUT2D eigenvalue weighted by atomic mass is 10.3. The van der Waals surface area contributed by atoms with E-state index < -0.39 is 0 Å². The average molecular weight is 279 g/mol. The van der Waals surface area contributed by atoms with E-state index in [1.807, 2.05) is 0 Å². The normalized spacial score (nSPS) is 9.94. The fourth-order valence-electron chi connectivity index (χ4n) is 1.08. The van der Waals surface area contributed by atoms with Crippen molar-refractivity contribution in [3.63, 3.8) is 0 Å². The molecule has 0 atom stereocenters. The van der Waals surface area contributed by atoms with Crippen molar-refractivity contribution in [2.24, 2.45) is 0 Å². The highest BCUT2D eigenvalue weighted by atomic mass is 35.5. The molecular weight excluding hydrogens is 267 g/mol. The summed E-state index contributed by atoms with van der Waals surface area (Å²) >= 11 is 16.7. The monoisotopic (exact) mass is 278 g/mol. The van der Waals surface area contributed by atoms with Crippen molar-refractivity contribution in [2.75, 3.05) is 18.5 Å². The molecule has 0 saturated heterocycles. The Labute approximate surface area is 110 Å². The second-order valence-corrected chi connectivity index (χ2v) is 4.40. The number of rotatable bonds is 4. The Morgan fingerprint density at radius 2 is 1.88 bits per heavy atom. The Morgan fingerprint density at radius 1 is 1.25 bits per heavy atom. The largest absolute Gasteiger partial charge is 0.396 e. The van der Waals surface area contributed by atoms with E-state index in [0.29, 0.717) is 28.1 Å². The van der Waals surface area contributed by atoms with Crippen LogP contribution >= 0.6 is 35.4 Å². The van der Waals surface area contributed by atoms with Crippen LogP contribution in [-0.2, 0) is 0 Å². The van der Waals surface area contributed by atoms with Crippen LogP contribution in [0.25, 0.3) is 0 Å². The van der Waals surface area contributed by atoms with Crippen LogP contribution in [0.2, 0.25) is 10.0 Å². The molecule has 6 heteroatoms. The number of hydrogen-bond donors (Lipinski definition) is 3. The average Bonchev–Trinajstić information content (AvgIpc) is 2.16. The smallest absolute Gasteiger partial charge is 0.170 e. The van der Waals surface area contributed by atoms with E-state index >= 15 is 0 Å². The first-order chi connectivity index (χ1) is 7.61. The molecule has 0 heterocycles. The molecule has 1 aromatic carbocycles. The third-order valence-corrected chi connectivity index (χ3v) is 2.42. The Hall–Kier alpha value is -0.550. The third-order valence-electron chi connectivity index (χ3n) is 1.74. The van der Waals surface area contributed by atoms with Crippen molar-refractivity contribution in [3.8, 4) is 0 Å². The lowest BCUT2D eigenvalue weighted by Crippen LogP contribution is -2.29. The van der Waals surface area contributed by atoms with Crippen LogP contribution in [0.4, 0.5) is 5.69 Å². The summed E-state index contributed by atoms with van der Waals surface area (Å²) in [4.78, 5) is 0. The number of aliphatic hydroxyl groups is 1. The molecule has 0 saturated carbocycles. The summed E-state index contributed by atoms with van der Waals surface area (Å²) in [5.74, 6) is 0. The second kappa shape index (κ2) is 6.91. The van der Waals surface area contributed by atoms with E-state index in [9.17, 15) is 0 Å². The maximum atomic E-state index is 8.60. The molecule has 0 aromatic heterocycles. The highest BCUT2D eigenvalue weighted by molar-refractivity contribution is 7.80. The fraction of sp³-hybridized carbons (Fsp3) is 0.300. The molecule has 0 aliphatic carbocycles. The fourth-order valence-corrected chi connectivity index (χ4v) is 1.83. The van der Waals surface area contributed by atoms with Crippen LogP contribution in [0.5, 0.6) is 0 Å². The number of nitrogens with one attached hydrogen (secondary N) is 2. The van der Waals surface area contributed by atoms with Gasteiger partial charge in [0.15, 0.2) is 5.11 Å². The predicted molar refractivity (Wildman–Crippen MR) is 72.4 cm³/mol. The van der Waals surface area contributed by atoms with Gasteiger partial charge in [-0.1, -0.05) is 23.2 Å². The van der Waals surface area contributed by atoms with Crippen LogP contribution < -0.4 is 10.6 Å². The van der Waals surface area contributed by atoms with Gasteiger partial charge in [0.1, 0.15) is 0 Å². The van der Waals surface area contributed by atoms with Crippen molar-refractivity contribution in [2.45, 2.75) is 6.42 Å². The molecule has 16 heavy (non-hydrogen) atoms. The lowest BCUT2D eigenvalue weighted by molar-refractivity contribution is 0.289. The molecular formula is C10H12Cl2N2OS. The molecule has 88 valence electrons. The van der Waals surface area contributed by atoms with Gasteiger partial charge in [-0.25, -0.2) is 0 Å². The summed E-state index contributed by atoms with van der Waals surface area (Å²) in [5, 5.41) is 16.1. The van der Waals surface area contributed by atoms with E-state index in [-0.39, 0.29) is 6.61 Å². The summed E-state index contributed by atoms with van der Waals surface area (Å²) in [6.07, 6.45) is 0.651. The van der Waals surface area contributed by atoms with Crippen molar-refractivity contribution >= 4 is 46.2 Å². The Kier molecular flexibility index (Phi) is 5.84. The van der Waals surface area contributed by atoms with Crippen molar-refractivity contribution < 1.29 is 5.11 Å². The van der Waals surface area contributed by atoms with Gasteiger partial charge in [-0.05, 0) is 36.8 Å². The zero-order valence-corrected chi connectivity index (χ0v) is 10.8. The first kappa shape index (κ1) is 13.5. The van der Waals surface area contributed by atoms with Gasteiger partial charge < -0.3 is 15.7 Å². The van der Waals surface area contributed by atoms with Gasteiger partial charge in [0, 0.05) is 28.9 Å². The Balaban J connectivity index is 2.49.